The van der Waals surface area contributed by atoms with E-state index in [2.05, 4.69) is 5.32 Å². The van der Waals surface area contributed by atoms with Gasteiger partial charge in [0.15, 0.2) is 0 Å². The molecular formula is C19H21N3O5S. The number of nitrogens with zero attached hydrogens (tertiary/aromatic N) is 2. The van der Waals surface area contributed by atoms with Gasteiger partial charge in [0.25, 0.3) is 11.6 Å². The number of nitrogens with one attached hydrogen (secondary N) is 1. The highest BCUT2D eigenvalue weighted by Crippen LogP contribution is 2.25. The summed E-state index contributed by atoms with van der Waals surface area (Å²) in [7, 11) is -3.62. The van der Waals surface area contributed by atoms with Crippen LogP contribution in [0, 0.1) is 17.0 Å². The van der Waals surface area contributed by atoms with Crippen LogP contribution in [-0.2, 0) is 10.0 Å². The van der Waals surface area contributed by atoms with Crippen LogP contribution >= 0.6 is 0 Å². The molecule has 28 heavy (non-hydrogen) atoms. The number of benzene rings is 2. The molecule has 2 aromatic rings. The number of piperidine rings is 1. The molecule has 8 nitrogen and oxygen atoms in total. The molecule has 0 aliphatic carbocycles. The van der Waals surface area contributed by atoms with E-state index < -0.39 is 20.9 Å². The van der Waals surface area contributed by atoms with Gasteiger partial charge >= 0.3 is 0 Å². The lowest BCUT2D eigenvalue weighted by molar-refractivity contribution is -0.385. The van der Waals surface area contributed by atoms with Crippen LogP contribution in [0.2, 0.25) is 0 Å². The molecule has 1 aliphatic rings. The van der Waals surface area contributed by atoms with Crippen molar-refractivity contribution in [3.8, 4) is 0 Å². The Morgan fingerprint density at radius 1 is 1.11 bits per heavy atom. The van der Waals surface area contributed by atoms with Gasteiger partial charge in [0.05, 0.1) is 9.82 Å². The zero-order valence-electron chi connectivity index (χ0n) is 15.4. The molecule has 148 valence electrons. The van der Waals surface area contributed by atoms with Gasteiger partial charge in [-0.2, -0.15) is 4.31 Å². The molecule has 1 heterocycles. The van der Waals surface area contributed by atoms with E-state index in [1.165, 1.54) is 41.6 Å². The van der Waals surface area contributed by atoms with E-state index in [0.29, 0.717) is 18.8 Å². The first-order valence-electron chi connectivity index (χ1n) is 8.96. The molecule has 1 aliphatic heterocycles. The lowest BCUT2D eigenvalue weighted by atomic mass is 10.1. The molecule has 1 saturated heterocycles. The standard InChI is InChI=1S/C19H21N3O5S/c1-14-17(9-6-10-18(14)22(24)25)19(23)20-15-7-5-8-16(13-15)28(26,27)21-11-3-2-4-12-21/h5-10,13H,2-4,11-12H2,1H3,(H,20,23). The summed E-state index contributed by atoms with van der Waals surface area (Å²) in [5.41, 5.74) is 0.587. The fourth-order valence-electron chi connectivity index (χ4n) is 3.25. The number of carbonyl (C=O) groups is 1. The molecule has 0 saturated carbocycles. The maximum absolute atomic E-state index is 12.8. The molecule has 0 spiro atoms. The summed E-state index contributed by atoms with van der Waals surface area (Å²) < 4.78 is 27.1. The van der Waals surface area contributed by atoms with E-state index in [4.69, 9.17) is 0 Å². The number of anilines is 1. The number of rotatable bonds is 5. The average Bonchev–Trinajstić information content (AvgIpc) is 2.68. The molecular weight excluding hydrogens is 382 g/mol. The second-order valence-corrected chi connectivity index (χ2v) is 8.59. The first-order chi connectivity index (χ1) is 13.3. The van der Waals surface area contributed by atoms with E-state index >= 15 is 0 Å². The van der Waals surface area contributed by atoms with Crippen molar-refractivity contribution in [2.24, 2.45) is 0 Å². The van der Waals surface area contributed by atoms with Crippen molar-refractivity contribution in [3.63, 3.8) is 0 Å². The van der Waals surface area contributed by atoms with Gasteiger partial charge in [0, 0.05) is 36.0 Å². The van der Waals surface area contributed by atoms with Gasteiger partial charge in [0.1, 0.15) is 0 Å². The van der Waals surface area contributed by atoms with Gasteiger partial charge in [-0.05, 0) is 44.0 Å². The van der Waals surface area contributed by atoms with Crippen LogP contribution in [0.15, 0.2) is 47.4 Å². The minimum Gasteiger partial charge on any atom is -0.322 e. The SMILES string of the molecule is Cc1c(C(=O)Nc2cccc(S(=O)(=O)N3CCCCC3)c2)cccc1[N+](=O)[O-]. The quantitative estimate of drug-likeness (QED) is 0.608. The Morgan fingerprint density at radius 2 is 1.79 bits per heavy atom. The first kappa shape index (κ1) is 20.0. The molecule has 3 rings (SSSR count). The normalized spacial score (nSPS) is 15.2. The van der Waals surface area contributed by atoms with Crippen molar-refractivity contribution in [2.45, 2.75) is 31.1 Å². The molecule has 0 atom stereocenters. The predicted octanol–water partition coefficient (Wildman–Crippen LogP) is 3.33. The Hall–Kier alpha value is -2.78. The molecule has 1 fully saturated rings. The van der Waals surface area contributed by atoms with Gasteiger partial charge < -0.3 is 5.32 Å². The Bertz CT molecular complexity index is 1010. The summed E-state index contributed by atoms with van der Waals surface area (Å²) in [4.78, 5) is 23.2. The van der Waals surface area contributed by atoms with Crippen LogP contribution in [0.1, 0.15) is 35.2 Å². The average molecular weight is 403 g/mol. The number of amides is 1. The van der Waals surface area contributed by atoms with Crippen molar-refractivity contribution in [1.82, 2.24) is 4.31 Å². The fourth-order valence-corrected chi connectivity index (χ4v) is 4.82. The van der Waals surface area contributed by atoms with E-state index in [1.807, 2.05) is 0 Å². The van der Waals surface area contributed by atoms with E-state index in [1.54, 1.807) is 12.1 Å². The number of sulfonamides is 1. The second kappa shape index (κ2) is 8.07. The maximum Gasteiger partial charge on any atom is 0.273 e. The molecule has 0 bridgehead atoms. The van der Waals surface area contributed by atoms with Crippen molar-refractivity contribution in [1.29, 1.82) is 0 Å². The number of hydrogen-bond acceptors (Lipinski definition) is 5. The van der Waals surface area contributed by atoms with Gasteiger partial charge in [0.2, 0.25) is 10.0 Å². The second-order valence-electron chi connectivity index (χ2n) is 6.65. The van der Waals surface area contributed by atoms with Crippen LogP contribution in [-0.4, -0.2) is 36.6 Å². The van der Waals surface area contributed by atoms with E-state index in [9.17, 15) is 23.3 Å². The zero-order chi connectivity index (χ0) is 20.3. The Labute approximate surface area is 163 Å². The predicted molar refractivity (Wildman–Crippen MR) is 105 cm³/mol. The van der Waals surface area contributed by atoms with Gasteiger partial charge in [-0.3, -0.25) is 14.9 Å². The van der Waals surface area contributed by atoms with Crippen molar-refractivity contribution in [2.75, 3.05) is 18.4 Å². The van der Waals surface area contributed by atoms with Crippen LogP contribution in [0.3, 0.4) is 0 Å². The first-order valence-corrected chi connectivity index (χ1v) is 10.4. The minimum absolute atomic E-state index is 0.114. The number of carbonyl (C=O) groups excluding carboxylic acids is 1. The summed E-state index contributed by atoms with van der Waals surface area (Å²) in [5, 5.41) is 13.7. The highest BCUT2D eigenvalue weighted by molar-refractivity contribution is 7.89. The molecule has 1 amide bonds. The Morgan fingerprint density at radius 3 is 2.46 bits per heavy atom. The zero-order valence-corrected chi connectivity index (χ0v) is 16.2. The van der Waals surface area contributed by atoms with Crippen LogP contribution in [0.5, 0.6) is 0 Å². The van der Waals surface area contributed by atoms with Crippen molar-refractivity contribution >= 4 is 27.3 Å². The summed E-state index contributed by atoms with van der Waals surface area (Å²) in [6.07, 6.45) is 2.69. The summed E-state index contributed by atoms with van der Waals surface area (Å²) in [6, 6.07) is 10.3. The summed E-state index contributed by atoms with van der Waals surface area (Å²) >= 11 is 0. The van der Waals surface area contributed by atoms with E-state index in [-0.39, 0.29) is 21.7 Å². The topological polar surface area (TPSA) is 110 Å². The van der Waals surface area contributed by atoms with Crippen LogP contribution in [0.4, 0.5) is 11.4 Å². The Kier molecular flexibility index (Phi) is 5.76. The third-order valence-corrected chi connectivity index (χ3v) is 6.69. The summed E-state index contributed by atoms with van der Waals surface area (Å²) in [6.45, 7) is 2.49. The van der Waals surface area contributed by atoms with Crippen molar-refractivity contribution in [3.05, 3.63) is 63.7 Å². The number of hydrogen-bond donors (Lipinski definition) is 1. The lowest BCUT2D eigenvalue weighted by Crippen LogP contribution is -2.35. The van der Waals surface area contributed by atoms with Crippen molar-refractivity contribution < 1.29 is 18.1 Å². The molecule has 9 heteroatoms. The highest BCUT2D eigenvalue weighted by Gasteiger charge is 2.26. The highest BCUT2D eigenvalue weighted by atomic mass is 32.2. The smallest absolute Gasteiger partial charge is 0.273 e. The molecule has 1 N–H and O–H groups in total. The number of nitro groups is 1. The van der Waals surface area contributed by atoms with Gasteiger partial charge in [-0.25, -0.2) is 8.42 Å². The monoisotopic (exact) mass is 403 g/mol. The molecule has 0 aromatic heterocycles. The molecule has 0 unspecified atom stereocenters. The maximum atomic E-state index is 12.8. The van der Waals surface area contributed by atoms with Gasteiger partial charge in [-0.1, -0.05) is 18.6 Å². The van der Waals surface area contributed by atoms with E-state index in [0.717, 1.165) is 19.3 Å². The van der Waals surface area contributed by atoms with Crippen LogP contribution in [0.25, 0.3) is 0 Å². The van der Waals surface area contributed by atoms with Gasteiger partial charge in [-0.15, -0.1) is 0 Å². The third kappa shape index (κ3) is 4.05. The molecule has 2 aromatic carbocycles. The van der Waals surface area contributed by atoms with Crippen LogP contribution < -0.4 is 5.32 Å². The largest absolute Gasteiger partial charge is 0.322 e. The summed E-state index contributed by atoms with van der Waals surface area (Å²) in [5.74, 6) is -0.534. The lowest BCUT2D eigenvalue weighted by Gasteiger charge is -2.26. The third-order valence-electron chi connectivity index (χ3n) is 4.79. The Balaban J connectivity index is 1.84. The minimum atomic E-state index is -3.62. The number of nitro benzene ring substituents is 1. The molecule has 0 radical (unpaired) electrons. The fraction of sp³-hybridized carbons (Fsp3) is 0.316.